The molecule has 1 saturated heterocycles. The van der Waals surface area contributed by atoms with Crippen LogP contribution in [0.2, 0.25) is 0 Å². The zero-order valence-electron chi connectivity index (χ0n) is 17.0. The molecule has 28 heavy (non-hydrogen) atoms. The largest absolute Gasteiger partial charge is 0.466 e. The molecule has 1 fully saturated rings. The number of methoxy groups -OCH3 is 1. The summed E-state index contributed by atoms with van der Waals surface area (Å²) in [5.74, 6) is -0.327. The third-order valence-electron chi connectivity index (χ3n) is 5.16. The highest BCUT2D eigenvalue weighted by Crippen LogP contribution is 2.25. The minimum absolute atomic E-state index is 0.0645. The predicted octanol–water partition coefficient (Wildman–Crippen LogP) is 4.03. The maximum absolute atomic E-state index is 11.4. The van der Waals surface area contributed by atoms with Gasteiger partial charge in [0.1, 0.15) is 6.10 Å². The van der Waals surface area contributed by atoms with Gasteiger partial charge in [-0.2, -0.15) is 0 Å². The topological polar surface area (TPSA) is 51.7 Å². The van der Waals surface area contributed by atoms with Gasteiger partial charge in [-0.05, 0) is 43.9 Å². The summed E-state index contributed by atoms with van der Waals surface area (Å²) in [7, 11) is 1.39. The van der Waals surface area contributed by atoms with E-state index in [1.165, 1.54) is 18.7 Å². The van der Waals surface area contributed by atoms with Crippen molar-refractivity contribution in [1.82, 2.24) is 9.88 Å². The fourth-order valence-electron chi connectivity index (χ4n) is 3.47. The Bertz CT molecular complexity index is 829. The van der Waals surface area contributed by atoms with Gasteiger partial charge in [0, 0.05) is 30.6 Å². The van der Waals surface area contributed by atoms with Gasteiger partial charge in [-0.15, -0.1) is 11.3 Å². The number of aryl methyl sites for hydroxylation is 1. The molecule has 0 N–H and O–H groups in total. The van der Waals surface area contributed by atoms with Crippen LogP contribution in [0.15, 0.2) is 35.7 Å². The van der Waals surface area contributed by atoms with Gasteiger partial charge in [-0.25, -0.2) is 9.78 Å². The second-order valence-corrected chi connectivity index (χ2v) is 8.31. The molecule has 6 heteroatoms. The summed E-state index contributed by atoms with van der Waals surface area (Å²) >= 11 is 1.68. The minimum atomic E-state index is -0.327. The van der Waals surface area contributed by atoms with Crippen LogP contribution in [0.5, 0.6) is 0 Å². The normalized spacial score (nSPS) is 19.4. The van der Waals surface area contributed by atoms with E-state index in [0.29, 0.717) is 6.04 Å². The monoisotopic (exact) mass is 400 g/mol. The smallest absolute Gasteiger partial charge is 0.330 e. The van der Waals surface area contributed by atoms with Gasteiger partial charge in [-0.3, -0.25) is 4.90 Å². The Morgan fingerprint density at radius 1 is 1.43 bits per heavy atom. The predicted molar refractivity (Wildman–Crippen MR) is 112 cm³/mol. The lowest BCUT2D eigenvalue weighted by molar-refractivity contribution is -0.134. The lowest BCUT2D eigenvalue weighted by Gasteiger charge is -2.36. The number of ether oxygens (including phenoxy) is 2. The molecule has 5 nitrogen and oxygen atoms in total. The standard InChI is InChI=1S/C22H28N2O3S/c1-15(11-22(25)26-4)19-7-5-18(6-8-19)12-16(2)24-9-10-27-21(13-24)20-14-28-17(3)23-20/h5-8,11,14,16,21H,9-10,12-13H2,1-4H3/b15-11+. The average molecular weight is 401 g/mol. The van der Waals surface area contributed by atoms with Crippen LogP contribution in [-0.2, 0) is 20.7 Å². The Balaban J connectivity index is 1.60. The molecule has 0 radical (unpaired) electrons. The summed E-state index contributed by atoms with van der Waals surface area (Å²) in [6.07, 6.45) is 2.56. The molecule has 1 aromatic heterocycles. The molecule has 1 aliphatic heterocycles. The molecule has 0 amide bonds. The number of rotatable bonds is 6. The maximum Gasteiger partial charge on any atom is 0.330 e. The Kier molecular flexibility index (Phi) is 6.99. The summed E-state index contributed by atoms with van der Waals surface area (Å²) in [5, 5.41) is 3.19. The van der Waals surface area contributed by atoms with E-state index in [2.05, 4.69) is 46.5 Å². The molecule has 2 unspecified atom stereocenters. The Labute approximate surface area is 171 Å². The van der Waals surface area contributed by atoms with Crippen molar-refractivity contribution in [2.45, 2.75) is 39.3 Å². The molecule has 2 heterocycles. The third kappa shape index (κ3) is 5.28. The van der Waals surface area contributed by atoms with Crippen LogP contribution in [0.3, 0.4) is 0 Å². The fraction of sp³-hybridized carbons (Fsp3) is 0.455. The molecular formula is C22H28N2O3S. The lowest BCUT2D eigenvalue weighted by atomic mass is 10.0. The van der Waals surface area contributed by atoms with E-state index >= 15 is 0 Å². The number of benzene rings is 1. The van der Waals surface area contributed by atoms with Crippen LogP contribution in [-0.4, -0.2) is 48.7 Å². The van der Waals surface area contributed by atoms with Crippen LogP contribution >= 0.6 is 11.3 Å². The van der Waals surface area contributed by atoms with Gasteiger partial charge < -0.3 is 9.47 Å². The highest BCUT2D eigenvalue weighted by molar-refractivity contribution is 7.09. The molecule has 0 aliphatic carbocycles. The summed E-state index contributed by atoms with van der Waals surface area (Å²) in [6, 6.07) is 8.84. The van der Waals surface area contributed by atoms with E-state index in [1.807, 2.05) is 13.8 Å². The van der Waals surface area contributed by atoms with E-state index < -0.39 is 0 Å². The summed E-state index contributed by atoms with van der Waals surface area (Å²) in [5.41, 5.74) is 4.28. The molecule has 2 aromatic rings. The van der Waals surface area contributed by atoms with Crippen molar-refractivity contribution in [3.8, 4) is 0 Å². The first-order valence-electron chi connectivity index (χ1n) is 9.59. The van der Waals surface area contributed by atoms with Crippen molar-refractivity contribution in [2.75, 3.05) is 26.8 Å². The Morgan fingerprint density at radius 3 is 2.82 bits per heavy atom. The number of thiazole rings is 1. The fourth-order valence-corrected chi connectivity index (χ4v) is 4.12. The maximum atomic E-state index is 11.4. The van der Waals surface area contributed by atoms with Crippen molar-refractivity contribution in [2.24, 2.45) is 0 Å². The van der Waals surface area contributed by atoms with Crippen LogP contribution < -0.4 is 0 Å². The van der Waals surface area contributed by atoms with Crippen molar-refractivity contribution in [3.63, 3.8) is 0 Å². The number of carbonyl (C=O) groups excluding carboxylic acids is 1. The van der Waals surface area contributed by atoms with Gasteiger partial charge in [-0.1, -0.05) is 24.3 Å². The van der Waals surface area contributed by atoms with Crippen LogP contribution in [0.1, 0.15) is 41.8 Å². The summed E-state index contributed by atoms with van der Waals surface area (Å²) < 4.78 is 10.6. The van der Waals surface area contributed by atoms with Crippen molar-refractivity contribution in [3.05, 3.63) is 57.6 Å². The Hall–Kier alpha value is -2.02. The number of aromatic nitrogens is 1. The molecule has 0 bridgehead atoms. The average Bonchev–Trinajstić information content (AvgIpc) is 3.15. The first-order chi connectivity index (χ1) is 13.5. The number of morpholine rings is 1. The van der Waals surface area contributed by atoms with Crippen LogP contribution in [0.25, 0.3) is 5.57 Å². The highest BCUT2D eigenvalue weighted by Gasteiger charge is 2.26. The van der Waals surface area contributed by atoms with Gasteiger partial charge >= 0.3 is 5.97 Å². The van der Waals surface area contributed by atoms with Gasteiger partial charge in [0.15, 0.2) is 0 Å². The number of hydrogen-bond donors (Lipinski definition) is 0. The van der Waals surface area contributed by atoms with Crippen LogP contribution in [0.4, 0.5) is 0 Å². The molecule has 2 atom stereocenters. The quantitative estimate of drug-likeness (QED) is 0.541. The van der Waals surface area contributed by atoms with Crippen molar-refractivity contribution >= 4 is 22.9 Å². The third-order valence-corrected chi connectivity index (χ3v) is 5.96. The zero-order chi connectivity index (χ0) is 20.1. The zero-order valence-corrected chi connectivity index (χ0v) is 17.8. The molecule has 3 rings (SSSR count). The van der Waals surface area contributed by atoms with E-state index in [4.69, 9.17) is 9.47 Å². The van der Waals surface area contributed by atoms with E-state index in [0.717, 1.165) is 48.0 Å². The van der Waals surface area contributed by atoms with E-state index in [-0.39, 0.29) is 12.1 Å². The number of esters is 1. The van der Waals surface area contributed by atoms with Crippen LogP contribution in [0, 0.1) is 6.92 Å². The number of carbonyl (C=O) groups is 1. The number of hydrogen-bond acceptors (Lipinski definition) is 6. The van der Waals surface area contributed by atoms with E-state index in [1.54, 1.807) is 11.3 Å². The van der Waals surface area contributed by atoms with Gasteiger partial charge in [0.25, 0.3) is 0 Å². The SMILES string of the molecule is COC(=O)/C=C(\C)c1ccc(CC(C)N2CCOC(c3csc(C)n3)C2)cc1. The Morgan fingerprint density at radius 2 is 2.18 bits per heavy atom. The second kappa shape index (κ2) is 9.45. The number of nitrogens with zero attached hydrogens (tertiary/aromatic N) is 2. The second-order valence-electron chi connectivity index (χ2n) is 7.25. The minimum Gasteiger partial charge on any atom is -0.466 e. The molecule has 1 aromatic carbocycles. The summed E-state index contributed by atoms with van der Waals surface area (Å²) in [4.78, 5) is 18.5. The first-order valence-corrected chi connectivity index (χ1v) is 10.5. The summed E-state index contributed by atoms with van der Waals surface area (Å²) in [6.45, 7) is 8.78. The highest BCUT2D eigenvalue weighted by atomic mass is 32.1. The van der Waals surface area contributed by atoms with Gasteiger partial charge in [0.2, 0.25) is 0 Å². The van der Waals surface area contributed by atoms with E-state index in [9.17, 15) is 4.79 Å². The molecule has 0 spiro atoms. The van der Waals surface area contributed by atoms with Crippen molar-refractivity contribution < 1.29 is 14.3 Å². The lowest BCUT2D eigenvalue weighted by Crippen LogP contribution is -2.44. The van der Waals surface area contributed by atoms with Gasteiger partial charge in [0.05, 0.1) is 24.4 Å². The van der Waals surface area contributed by atoms with Crippen molar-refractivity contribution in [1.29, 1.82) is 0 Å². The molecule has 1 aliphatic rings. The first kappa shape index (κ1) is 20.7. The molecule has 0 saturated carbocycles. The number of allylic oxidation sites excluding steroid dienone is 1. The molecular weight excluding hydrogens is 372 g/mol. The molecule has 150 valence electrons.